The number of carbonyl (C=O) groups excluding carboxylic acids is 1. The number of carbonyl (C=O) groups is 1. The fraction of sp³-hybridized carbons (Fsp3) is 0. The first kappa shape index (κ1) is 16.1. The van der Waals surface area contributed by atoms with Gasteiger partial charge >= 0.3 is 0 Å². The van der Waals surface area contributed by atoms with Crippen LogP contribution in [0.3, 0.4) is 0 Å². The summed E-state index contributed by atoms with van der Waals surface area (Å²) in [6, 6.07) is 13.9. The van der Waals surface area contributed by atoms with Gasteiger partial charge in [0.1, 0.15) is 11.5 Å². The van der Waals surface area contributed by atoms with Crippen molar-refractivity contribution in [2.24, 2.45) is 0 Å². The zero-order valence-electron chi connectivity index (χ0n) is 12.7. The number of thiazole rings is 1. The Labute approximate surface area is 155 Å². The molecule has 7 heteroatoms. The maximum absolute atomic E-state index is 13.8. The SMILES string of the molecule is O=C(Nc1nc(-c2cccs2)c(-c2cccs2)s1)c1ccccc1F. The molecule has 4 aromatic rings. The summed E-state index contributed by atoms with van der Waals surface area (Å²) in [5.41, 5.74) is 0.847. The van der Waals surface area contributed by atoms with Crippen LogP contribution in [-0.2, 0) is 0 Å². The number of hydrogen-bond acceptors (Lipinski definition) is 5. The van der Waals surface area contributed by atoms with Gasteiger partial charge < -0.3 is 0 Å². The fourth-order valence-corrected chi connectivity index (χ4v) is 4.95. The van der Waals surface area contributed by atoms with Crippen LogP contribution in [0.1, 0.15) is 10.4 Å². The van der Waals surface area contributed by atoms with Crippen molar-refractivity contribution in [3.05, 3.63) is 70.7 Å². The smallest absolute Gasteiger partial charge is 0.260 e. The second kappa shape index (κ2) is 6.87. The molecule has 0 saturated carbocycles. The molecular formula is C18H11FN2OS3. The average Bonchev–Trinajstić information content (AvgIpc) is 3.36. The van der Waals surface area contributed by atoms with Gasteiger partial charge in [-0.2, -0.15) is 0 Å². The van der Waals surface area contributed by atoms with Gasteiger partial charge in [-0.15, -0.1) is 22.7 Å². The third-order valence-electron chi connectivity index (χ3n) is 3.47. The van der Waals surface area contributed by atoms with Gasteiger partial charge in [0.2, 0.25) is 0 Å². The zero-order valence-corrected chi connectivity index (χ0v) is 15.2. The topological polar surface area (TPSA) is 42.0 Å². The van der Waals surface area contributed by atoms with Crippen molar-refractivity contribution < 1.29 is 9.18 Å². The van der Waals surface area contributed by atoms with E-state index in [0.29, 0.717) is 5.13 Å². The lowest BCUT2D eigenvalue weighted by atomic mass is 10.2. The second-order valence-electron chi connectivity index (χ2n) is 5.09. The summed E-state index contributed by atoms with van der Waals surface area (Å²) in [6.45, 7) is 0. The van der Waals surface area contributed by atoms with E-state index in [2.05, 4.69) is 10.3 Å². The predicted molar refractivity (Wildman–Crippen MR) is 103 cm³/mol. The standard InChI is InChI=1S/C18H11FN2OS3/c19-12-6-2-1-5-11(12)17(22)21-18-20-15(13-7-3-9-23-13)16(25-18)14-8-4-10-24-14/h1-10H,(H,20,21,22). The van der Waals surface area contributed by atoms with Crippen LogP contribution in [0, 0.1) is 5.82 Å². The van der Waals surface area contributed by atoms with Crippen molar-refractivity contribution in [2.45, 2.75) is 0 Å². The Morgan fingerprint density at radius 2 is 1.68 bits per heavy atom. The molecule has 3 nitrogen and oxygen atoms in total. The van der Waals surface area contributed by atoms with Gasteiger partial charge in [-0.25, -0.2) is 9.37 Å². The number of benzene rings is 1. The summed E-state index contributed by atoms with van der Waals surface area (Å²) >= 11 is 4.61. The van der Waals surface area contributed by atoms with Gasteiger partial charge in [0, 0.05) is 4.88 Å². The number of anilines is 1. The lowest BCUT2D eigenvalue weighted by Crippen LogP contribution is -2.13. The molecular weight excluding hydrogens is 375 g/mol. The first-order valence-corrected chi connectivity index (χ1v) is 9.94. The van der Waals surface area contributed by atoms with Gasteiger partial charge in [0.25, 0.3) is 5.91 Å². The first-order chi connectivity index (χ1) is 12.2. The molecule has 0 radical (unpaired) electrons. The highest BCUT2D eigenvalue weighted by Gasteiger charge is 2.19. The van der Waals surface area contributed by atoms with Crippen molar-refractivity contribution in [1.82, 2.24) is 4.98 Å². The second-order valence-corrected chi connectivity index (χ2v) is 7.98. The molecule has 3 heterocycles. The number of hydrogen-bond donors (Lipinski definition) is 1. The maximum Gasteiger partial charge on any atom is 0.260 e. The molecule has 0 atom stereocenters. The summed E-state index contributed by atoms with van der Waals surface area (Å²) in [4.78, 5) is 20.1. The molecule has 25 heavy (non-hydrogen) atoms. The molecule has 0 spiro atoms. The first-order valence-electron chi connectivity index (χ1n) is 7.37. The zero-order chi connectivity index (χ0) is 17.2. The Kier molecular flexibility index (Phi) is 4.44. The van der Waals surface area contributed by atoms with Crippen LogP contribution in [0.25, 0.3) is 20.3 Å². The molecule has 1 N–H and O–H groups in total. The molecule has 0 fully saturated rings. The van der Waals surface area contributed by atoms with E-state index in [0.717, 1.165) is 20.3 Å². The van der Waals surface area contributed by atoms with Crippen LogP contribution in [0.2, 0.25) is 0 Å². The van der Waals surface area contributed by atoms with E-state index >= 15 is 0 Å². The van der Waals surface area contributed by atoms with Gasteiger partial charge in [-0.3, -0.25) is 10.1 Å². The largest absolute Gasteiger partial charge is 0.298 e. The third-order valence-corrected chi connectivity index (χ3v) is 6.36. The number of aromatic nitrogens is 1. The fourth-order valence-electron chi connectivity index (χ4n) is 2.34. The van der Waals surface area contributed by atoms with Crippen molar-refractivity contribution in [3.8, 4) is 20.3 Å². The number of amides is 1. The van der Waals surface area contributed by atoms with Crippen molar-refractivity contribution in [3.63, 3.8) is 0 Å². The predicted octanol–water partition coefficient (Wildman–Crippen LogP) is 5.99. The highest BCUT2D eigenvalue weighted by Crippen LogP contribution is 2.42. The number of nitrogens with one attached hydrogen (secondary N) is 1. The van der Waals surface area contributed by atoms with E-state index < -0.39 is 11.7 Å². The maximum atomic E-state index is 13.8. The molecule has 124 valence electrons. The van der Waals surface area contributed by atoms with Gasteiger partial charge in [-0.05, 0) is 35.0 Å². The van der Waals surface area contributed by atoms with E-state index in [1.807, 2.05) is 35.0 Å². The number of nitrogens with zero attached hydrogens (tertiary/aromatic N) is 1. The van der Waals surface area contributed by atoms with Crippen LogP contribution in [0.15, 0.2) is 59.3 Å². The monoisotopic (exact) mass is 386 g/mol. The molecule has 0 saturated heterocycles. The van der Waals surface area contributed by atoms with E-state index in [9.17, 15) is 9.18 Å². The summed E-state index contributed by atoms with van der Waals surface area (Å²) < 4.78 is 13.8. The van der Waals surface area contributed by atoms with Crippen molar-refractivity contribution in [1.29, 1.82) is 0 Å². The highest BCUT2D eigenvalue weighted by molar-refractivity contribution is 7.24. The van der Waals surface area contributed by atoms with Gasteiger partial charge in [0.15, 0.2) is 5.13 Å². The normalized spacial score (nSPS) is 10.8. The Morgan fingerprint density at radius 3 is 2.36 bits per heavy atom. The number of rotatable bonds is 4. The Bertz CT molecular complexity index is 955. The third kappa shape index (κ3) is 3.26. The summed E-state index contributed by atoms with van der Waals surface area (Å²) in [7, 11) is 0. The van der Waals surface area contributed by atoms with Crippen molar-refractivity contribution in [2.75, 3.05) is 5.32 Å². The molecule has 0 bridgehead atoms. The summed E-state index contributed by atoms with van der Waals surface area (Å²) in [5.74, 6) is -1.05. The lowest BCUT2D eigenvalue weighted by molar-refractivity contribution is 0.102. The molecule has 0 aliphatic rings. The van der Waals surface area contributed by atoms with Crippen LogP contribution in [0.4, 0.5) is 9.52 Å². The van der Waals surface area contributed by atoms with Crippen LogP contribution >= 0.6 is 34.0 Å². The Morgan fingerprint density at radius 1 is 0.960 bits per heavy atom. The molecule has 0 unspecified atom stereocenters. The minimum Gasteiger partial charge on any atom is -0.298 e. The molecule has 0 aliphatic carbocycles. The minimum atomic E-state index is -0.548. The molecule has 0 aliphatic heterocycles. The molecule has 1 aromatic carbocycles. The van der Waals surface area contributed by atoms with E-state index in [4.69, 9.17) is 0 Å². The highest BCUT2D eigenvalue weighted by atomic mass is 32.1. The van der Waals surface area contributed by atoms with Gasteiger partial charge in [0.05, 0.1) is 15.3 Å². The summed E-state index contributed by atoms with van der Waals surface area (Å²) in [5, 5.41) is 7.18. The molecule has 1 amide bonds. The lowest BCUT2D eigenvalue weighted by Gasteiger charge is -2.02. The quantitative estimate of drug-likeness (QED) is 0.468. The number of thiophene rings is 2. The Hall–Kier alpha value is -2.35. The molecule has 4 rings (SSSR count). The Balaban J connectivity index is 1.71. The minimum absolute atomic E-state index is 0.00745. The summed E-state index contributed by atoms with van der Waals surface area (Å²) in [6.07, 6.45) is 0. The van der Waals surface area contributed by atoms with E-state index in [1.54, 1.807) is 34.8 Å². The van der Waals surface area contributed by atoms with Crippen LogP contribution < -0.4 is 5.32 Å². The molecule has 3 aromatic heterocycles. The van der Waals surface area contributed by atoms with Crippen molar-refractivity contribution >= 4 is 45.0 Å². The average molecular weight is 386 g/mol. The number of halogens is 1. The van der Waals surface area contributed by atoms with E-state index in [-0.39, 0.29) is 5.56 Å². The van der Waals surface area contributed by atoms with E-state index in [1.165, 1.54) is 23.5 Å². The van der Waals surface area contributed by atoms with Crippen LogP contribution in [0.5, 0.6) is 0 Å². The van der Waals surface area contributed by atoms with Crippen LogP contribution in [-0.4, -0.2) is 10.9 Å². The van der Waals surface area contributed by atoms with Gasteiger partial charge in [-0.1, -0.05) is 35.6 Å².